The molecule has 1 rings (SSSR count). The van der Waals surface area contributed by atoms with E-state index in [1.807, 2.05) is 6.92 Å². The number of carbonyl (C=O) groups excluding carboxylic acids is 1. The first kappa shape index (κ1) is 13.4. The minimum absolute atomic E-state index is 0.161. The number of hydrogen-bond donors (Lipinski definition) is 1. The second-order valence-corrected chi connectivity index (χ2v) is 3.40. The van der Waals surface area contributed by atoms with Crippen molar-refractivity contribution in [1.29, 1.82) is 0 Å². The molecule has 0 aliphatic heterocycles. The third kappa shape index (κ3) is 4.40. The fourth-order valence-corrected chi connectivity index (χ4v) is 1.28. The van der Waals surface area contributed by atoms with Crippen LogP contribution in [0.4, 0.5) is 5.82 Å². The van der Waals surface area contributed by atoms with Crippen molar-refractivity contribution in [3.8, 4) is 0 Å². The van der Waals surface area contributed by atoms with E-state index in [4.69, 9.17) is 16.3 Å². The Labute approximate surface area is 105 Å². The summed E-state index contributed by atoms with van der Waals surface area (Å²) >= 11 is 5.69. The first-order chi connectivity index (χ1) is 8.17. The lowest BCUT2D eigenvalue weighted by Gasteiger charge is -2.05. The molecule has 5 nitrogen and oxygen atoms in total. The molecule has 0 fully saturated rings. The van der Waals surface area contributed by atoms with Gasteiger partial charge in [0.05, 0.1) is 6.61 Å². The van der Waals surface area contributed by atoms with Crippen LogP contribution in [0.25, 0.3) is 6.08 Å². The van der Waals surface area contributed by atoms with Crippen LogP contribution in [0, 0.1) is 0 Å². The molecule has 0 radical (unpaired) electrons. The lowest BCUT2D eigenvalue weighted by Crippen LogP contribution is -2.03. The number of nitrogens with zero attached hydrogens (tertiary/aromatic N) is 2. The summed E-state index contributed by atoms with van der Waals surface area (Å²) in [7, 11) is 0. The number of carbonyl (C=O) groups is 1. The van der Waals surface area contributed by atoms with Crippen LogP contribution in [0.3, 0.4) is 0 Å². The highest BCUT2D eigenvalue weighted by Gasteiger charge is 2.03. The van der Waals surface area contributed by atoms with Gasteiger partial charge in [-0.05, 0) is 31.5 Å². The molecule has 0 saturated carbocycles. The van der Waals surface area contributed by atoms with Crippen molar-refractivity contribution in [2.75, 3.05) is 18.5 Å². The zero-order valence-corrected chi connectivity index (χ0v) is 10.5. The molecule has 0 amide bonds. The van der Waals surface area contributed by atoms with Gasteiger partial charge in [-0.3, -0.25) is 0 Å². The average molecular weight is 256 g/mol. The lowest BCUT2D eigenvalue weighted by atomic mass is 10.3. The molecule has 0 aromatic carbocycles. The molecule has 0 atom stereocenters. The monoisotopic (exact) mass is 255 g/mol. The predicted octanol–water partition coefficient (Wildman–Crippen LogP) is 2.14. The van der Waals surface area contributed by atoms with Gasteiger partial charge in [-0.15, -0.1) is 0 Å². The van der Waals surface area contributed by atoms with Crippen molar-refractivity contribution in [3.05, 3.63) is 23.1 Å². The highest BCUT2D eigenvalue weighted by molar-refractivity contribution is 6.28. The van der Waals surface area contributed by atoms with Crippen molar-refractivity contribution in [3.63, 3.8) is 0 Å². The summed E-state index contributed by atoms with van der Waals surface area (Å²) in [5.74, 6) is 0.193. The zero-order chi connectivity index (χ0) is 12.7. The highest BCUT2D eigenvalue weighted by Crippen LogP contribution is 2.15. The summed E-state index contributed by atoms with van der Waals surface area (Å²) in [6, 6.07) is 0. The molecule has 0 aliphatic rings. The summed E-state index contributed by atoms with van der Waals surface area (Å²) in [6.45, 7) is 4.74. The standard InChI is InChI=1S/C11H14ClN3O2/c1-3-13-10-8(7-14-11(12)15-10)5-6-9(16)17-4-2/h5-7H,3-4H2,1-2H3,(H,13,14,15)/b6-5+. The second-order valence-electron chi connectivity index (χ2n) is 3.06. The van der Waals surface area contributed by atoms with E-state index in [1.54, 1.807) is 19.2 Å². The van der Waals surface area contributed by atoms with Crippen LogP contribution in [0.5, 0.6) is 0 Å². The van der Waals surface area contributed by atoms with E-state index < -0.39 is 5.97 Å². The third-order valence-corrected chi connectivity index (χ3v) is 2.00. The minimum atomic E-state index is -0.398. The Bertz CT molecular complexity index is 421. The Kier molecular flexibility index (Phi) is 5.42. The SMILES string of the molecule is CCNc1nc(Cl)ncc1/C=C/C(=O)OCC. The number of esters is 1. The van der Waals surface area contributed by atoms with Crippen molar-refractivity contribution in [2.24, 2.45) is 0 Å². The Hall–Kier alpha value is -1.62. The van der Waals surface area contributed by atoms with Crippen LogP contribution in [0.1, 0.15) is 19.4 Å². The molecule has 17 heavy (non-hydrogen) atoms. The maximum atomic E-state index is 11.2. The average Bonchev–Trinajstić information content (AvgIpc) is 2.29. The third-order valence-electron chi connectivity index (χ3n) is 1.82. The topological polar surface area (TPSA) is 64.1 Å². The molecule has 6 heteroatoms. The van der Waals surface area contributed by atoms with Crippen molar-refractivity contribution < 1.29 is 9.53 Å². The Balaban J connectivity index is 2.85. The van der Waals surface area contributed by atoms with E-state index in [9.17, 15) is 4.79 Å². The Morgan fingerprint density at radius 2 is 2.35 bits per heavy atom. The quantitative estimate of drug-likeness (QED) is 0.496. The van der Waals surface area contributed by atoms with Crippen molar-refractivity contribution in [2.45, 2.75) is 13.8 Å². The Morgan fingerprint density at radius 3 is 3.00 bits per heavy atom. The smallest absolute Gasteiger partial charge is 0.330 e. The molecule has 1 heterocycles. The van der Waals surface area contributed by atoms with E-state index in [-0.39, 0.29) is 5.28 Å². The van der Waals surface area contributed by atoms with Gasteiger partial charge in [0.1, 0.15) is 5.82 Å². The molecular weight excluding hydrogens is 242 g/mol. The maximum Gasteiger partial charge on any atom is 0.330 e. The number of rotatable bonds is 5. The fraction of sp³-hybridized carbons (Fsp3) is 0.364. The summed E-state index contributed by atoms with van der Waals surface area (Å²) in [5, 5.41) is 3.20. The van der Waals surface area contributed by atoms with Gasteiger partial charge in [0.2, 0.25) is 5.28 Å². The van der Waals surface area contributed by atoms with Gasteiger partial charge in [-0.25, -0.2) is 14.8 Å². The van der Waals surface area contributed by atoms with Crippen LogP contribution in [-0.2, 0) is 9.53 Å². The van der Waals surface area contributed by atoms with Gasteiger partial charge in [0.25, 0.3) is 0 Å². The number of halogens is 1. The van der Waals surface area contributed by atoms with E-state index in [0.717, 1.165) is 0 Å². The zero-order valence-electron chi connectivity index (χ0n) is 9.74. The van der Waals surface area contributed by atoms with E-state index in [0.29, 0.717) is 24.5 Å². The minimum Gasteiger partial charge on any atom is -0.463 e. The van der Waals surface area contributed by atoms with Gasteiger partial charge < -0.3 is 10.1 Å². The summed E-state index contributed by atoms with van der Waals surface area (Å²) in [5.41, 5.74) is 0.685. The molecule has 0 spiro atoms. The normalized spacial score (nSPS) is 10.5. The fourth-order valence-electron chi connectivity index (χ4n) is 1.15. The summed E-state index contributed by atoms with van der Waals surface area (Å²) in [4.78, 5) is 19.0. The molecule has 1 N–H and O–H groups in total. The highest BCUT2D eigenvalue weighted by atomic mass is 35.5. The van der Waals surface area contributed by atoms with Crippen LogP contribution in [0.15, 0.2) is 12.3 Å². The molecular formula is C11H14ClN3O2. The van der Waals surface area contributed by atoms with E-state index in [2.05, 4.69) is 15.3 Å². The largest absolute Gasteiger partial charge is 0.463 e. The van der Waals surface area contributed by atoms with Crippen LogP contribution in [-0.4, -0.2) is 29.1 Å². The van der Waals surface area contributed by atoms with Gasteiger partial charge >= 0.3 is 5.97 Å². The first-order valence-electron chi connectivity index (χ1n) is 5.28. The predicted molar refractivity (Wildman–Crippen MR) is 66.9 cm³/mol. The molecule has 92 valence electrons. The molecule has 0 aliphatic carbocycles. The summed E-state index contributed by atoms with van der Waals surface area (Å²) in [6.07, 6.45) is 4.46. The number of aromatic nitrogens is 2. The molecule has 0 unspecified atom stereocenters. The van der Waals surface area contributed by atoms with Crippen LogP contribution in [0.2, 0.25) is 5.28 Å². The second kappa shape index (κ2) is 6.85. The molecule has 0 saturated heterocycles. The maximum absolute atomic E-state index is 11.2. The van der Waals surface area contributed by atoms with E-state index >= 15 is 0 Å². The van der Waals surface area contributed by atoms with Gasteiger partial charge in [-0.1, -0.05) is 0 Å². The number of hydrogen-bond acceptors (Lipinski definition) is 5. The van der Waals surface area contributed by atoms with Crippen LogP contribution >= 0.6 is 11.6 Å². The van der Waals surface area contributed by atoms with Crippen molar-refractivity contribution >= 4 is 29.5 Å². The van der Waals surface area contributed by atoms with Crippen molar-refractivity contribution in [1.82, 2.24) is 9.97 Å². The number of ether oxygens (including phenoxy) is 1. The molecule has 0 bridgehead atoms. The molecule has 1 aromatic heterocycles. The van der Waals surface area contributed by atoms with Gasteiger partial charge in [-0.2, -0.15) is 0 Å². The first-order valence-corrected chi connectivity index (χ1v) is 5.66. The van der Waals surface area contributed by atoms with Gasteiger partial charge in [0, 0.05) is 24.4 Å². The molecule has 1 aromatic rings. The van der Waals surface area contributed by atoms with Crippen LogP contribution < -0.4 is 5.32 Å². The number of anilines is 1. The van der Waals surface area contributed by atoms with E-state index in [1.165, 1.54) is 6.08 Å². The number of nitrogens with one attached hydrogen (secondary N) is 1. The Morgan fingerprint density at radius 1 is 1.59 bits per heavy atom. The van der Waals surface area contributed by atoms with Gasteiger partial charge in [0.15, 0.2) is 0 Å². The lowest BCUT2D eigenvalue weighted by molar-refractivity contribution is -0.137. The summed E-state index contributed by atoms with van der Waals surface area (Å²) < 4.78 is 4.77.